The minimum atomic E-state index is -0.0742. The van der Waals surface area contributed by atoms with Gasteiger partial charge in [-0.2, -0.15) is 0 Å². The van der Waals surface area contributed by atoms with Crippen LogP contribution in [0.1, 0.15) is 11.1 Å². The van der Waals surface area contributed by atoms with Gasteiger partial charge in [0.25, 0.3) is 0 Å². The van der Waals surface area contributed by atoms with Crippen LogP contribution in [0.3, 0.4) is 0 Å². The molecule has 0 aliphatic heterocycles. The van der Waals surface area contributed by atoms with Crippen LogP contribution in [0.2, 0.25) is 5.02 Å². The number of halogens is 1. The quantitative estimate of drug-likeness (QED) is 0.825. The number of para-hydroxylation sites is 1. The normalized spacial score (nSPS) is 10.3. The molecule has 4 nitrogen and oxygen atoms in total. The first-order chi connectivity index (χ1) is 10.7. The molecule has 0 radical (unpaired) electrons. The Morgan fingerprint density at radius 2 is 1.73 bits per heavy atom. The van der Waals surface area contributed by atoms with Crippen molar-refractivity contribution in [2.75, 3.05) is 13.7 Å². The molecule has 2 aromatic carbocycles. The van der Waals surface area contributed by atoms with Gasteiger partial charge >= 0.3 is 0 Å². The molecule has 22 heavy (non-hydrogen) atoms. The van der Waals surface area contributed by atoms with E-state index in [-0.39, 0.29) is 12.5 Å². The lowest BCUT2D eigenvalue weighted by molar-refractivity contribution is -0.120. The highest BCUT2D eigenvalue weighted by Gasteiger charge is 2.05. The molecular weight excluding hydrogens is 300 g/mol. The van der Waals surface area contributed by atoms with Gasteiger partial charge in [-0.05, 0) is 17.7 Å². The fraction of sp³-hybridized carbons (Fsp3) is 0.235. The molecule has 0 atom stereocenters. The Labute approximate surface area is 135 Å². The summed E-state index contributed by atoms with van der Waals surface area (Å²) in [5.74, 6) is 0.737. The molecule has 0 aliphatic rings. The molecule has 0 aromatic heterocycles. The van der Waals surface area contributed by atoms with Gasteiger partial charge in [0.05, 0.1) is 13.7 Å². The Morgan fingerprint density at radius 3 is 2.45 bits per heavy atom. The van der Waals surface area contributed by atoms with Crippen molar-refractivity contribution in [2.24, 2.45) is 0 Å². The summed E-state index contributed by atoms with van der Waals surface area (Å²) in [4.78, 5) is 11.8. The van der Waals surface area contributed by atoms with Crippen molar-refractivity contribution >= 4 is 17.5 Å². The van der Waals surface area contributed by atoms with Crippen molar-refractivity contribution in [1.82, 2.24) is 10.6 Å². The van der Waals surface area contributed by atoms with E-state index in [4.69, 9.17) is 16.3 Å². The topological polar surface area (TPSA) is 50.4 Å². The van der Waals surface area contributed by atoms with E-state index < -0.39 is 0 Å². The van der Waals surface area contributed by atoms with Crippen LogP contribution in [0.25, 0.3) is 0 Å². The summed E-state index contributed by atoms with van der Waals surface area (Å²) in [5.41, 5.74) is 1.92. The molecule has 0 heterocycles. The number of nitrogens with one attached hydrogen (secondary N) is 2. The van der Waals surface area contributed by atoms with E-state index >= 15 is 0 Å². The standard InChI is InChI=1S/C17H19ClN2O2/c1-22-16-9-5-3-7-14(16)10-19-12-17(21)20-11-13-6-2-4-8-15(13)18/h2-9,19H,10-12H2,1H3,(H,20,21). The maximum absolute atomic E-state index is 11.8. The number of ether oxygens (including phenoxy) is 1. The second kappa shape index (κ2) is 8.41. The Bertz CT molecular complexity index is 632. The molecule has 0 spiro atoms. The lowest BCUT2D eigenvalue weighted by Gasteiger charge is -2.10. The fourth-order valence-electron chi connectivity index (χ4n) is 2.06. The summed E-state index contributed by atoms with van der Waals surface area (Å²) in [6.45, 7) is 1.24. The average Bonchev–Trinajstić information content (AvgIpc) is 2.54. The Kier molecular flexibility index (Phi) is 6.25. The lowest BCUT2D eigenvalue weighted by Crippen LogP contribution is -2.33. The number of hydrogen-bond acceptors (Lipinski definition) is 3. The van der Waals surface area contributed by atoms with E-state index in [0.717, 1.165) is 16.9 Å². The predicted octanol–water partition coefficient (Wildman–Crippen LogP) is 2.75. The number of benzene rings is 2. The average molecular weight is 319 g/mol. The van der Waals surface area contributed by atoms with Crippen LogP contribution in [0.15, 0.2) is 48.5 Å². The van der Waals surface area contributed by atoms with E-state index in [1.165, 1.54) is 0 Å². The highest BCUT2D eigenvalue weighted by molar-refractivity contribution is 6.31. The number of methoxy groups -OCH3 is 1. The second-order valence-electron chi connectivity index (χ2n) is 4.78. The second-order valence-corrected chi connectivity index (χ2v) is 5.19. The van der Waals surface area contributed by atoms with Crippen molar-refractivity contribution in [1.29, 1.82) is 0 Å². The monoisotopic (exact) mass is 318 g/mol. The molecule has 2 aromatic rings. The zero-order chi connectivity index (χ0) is 15.8. The molecule has 0 fully saturated rings. The Balaban J connectivity index is 1.75. The summed E-state index contributed by atoms with van der Waals surface area (Å²) in [5, 5.41) is 6.60. The van der Waals surface area contributed by atoms with Gasteiger partial charge in [-0.25, -0.2) is 0 Å². The molecule has 2 rings (SSSR count). The van der Waals surface area contributed by atoms with Gasteiger partial charge in [-0.1, -0.05) is 48.0 Å². The van der Waals surface area contributed by atoms with Gasteiger partial charge in [0.2, 0.25) is 5.91 Å². The van der Waals surface area contributed by atoms with E-state index in [2.05, 4.69) is 10.6 Å². The van der Waals surface area contributed by atoms with Gasteiger partial charge in [0.1, 0.15) is 5.75 Å². The third-order valence-electron chi connectivity index (χ3n) is 3.23. The Hall–Kier alpha value is -2.04. The van der Waals surface area contributed by atoms with E-state index in [1.54, 1.807) is 7.11 Å². The number of carbonyl (C=O) groups is 1. The van der Waals surface area contributed by atoms with Gasteiger partial charge in [-0.3, -0.25) is 4.79 Å². The summed E-state index contributed by atoms with van der Waals surface area (Å²) in [7, 11) is 1.63. The molecular formula is C17H19ClN2O2. The van der Waals surface area contributed by atoms with Gasteiger partial charge in [0, 0.05) is 23.7 Å². The smallest absolute Gasteiger partial charge is 0.234 e. The highest BCUT2D eigenvalue weighted by Crippen LogP contribution is 2.16. The van der Waals surface area contributed by atoms with Crippen LogP contribution in [0.4, 0.5) is 0 Å². The summed E-state index contributed by atoms with van der Waals surface area (Å²) in [6, 6.07) is 15.2. The van der Waals surface area contributed by atoms with Gasteiger partial charge in [-0.15, -0.1) is 0 Å². The first-order valence-electron chi connectivity index (χ1n) is 7.03. The largest absolute Gasteiger partial charge is 0.496 e. The van der Waals surface area contributed by atoms with Crippen LogP contribution in [0, 0.1) is 0 Å². The maximum Gasteiger partial charge on any atom is 0.234 e. The van der Waals surface area contributed by atoms with E-state index in [9.17, 15) is 4.79 Å². The third-order valence-corrected chi connectivity index (χ3v) is 3.60. The summed E-state index contributed by atoms with van der Waals surface area (Å²) < 4.78 is 5.27. The van der Waals surface area contributed by atoms with Crippen molar-refractivity contribution in [3.05, 3.63) is 64.7 Å². The molecule has 0 bridgehead atoms. The molecule has 0 saturated heterocycles. The maximum atomic E-state index is 11.8. The molecule has 5 heteroatoms. The van der Waals surface area contributed by atoms with Crippen LogP contribution < -0.4 is 15.4 Å². The summed E-state index contributed by atoms with van der Waals surface area (Å²) >= 11 is 6.04. The molecule has 0 aliphatic carbocycles. The number of rotatable bonds is 7. The number of carbonyl (C=O) groups excluding carboxylic acids is 1. The van der Waals surface area contributed by atoms with Crippen LogP contribution >= 0.6 is 11.6 Å². The highest BCUT2D eigenvalue weighted by atomic mass is 35.5. The third kappa shape index (κ3) is 4.76. The first-order valence-corrected chi connectivity index (χ1v) is 7.41. The number of amides is 1. The summed E-state index contributed by atoms with van der Waals surface area (Å²) in [6.07, 6.45) is 0. The van der Waals surface area contributed by atoms with Crippen molar-refractivity contribution in [2.45, 2.75) is 13.1 Å². The molecule has 1 amide bonds. The minimum absolute atomic E-state index is 0.0742. The first kappa shape index (κ1) is 16.3. The Morgan fingerprint density at radius 1 is 1.05 bits per heavy atom. The zero-order valence-electron chi connectivity index (χ0n) is 12.4. The van der Waals surface area contributed by atoms with E-state index in [0.29, 0.717) is 18.1 Å². The fourth-order valence-corrected chi connectivity index (χ4v) is 2.26. The SMILES string of the molecule is COc1ccccc1CNCC(=O)NCc1ccccc1Cl. The van der Waals surface area contributed by atoms with E-state index in [1.807, 2.05) is 48.5 Å². The molecule has 0 unspecified atom stereocenters. The van der Waals surface area contributed by atoms with Crippen molar-refractivity contribution in [3.63, 3.8) is 0 Å². The minimum Gasteiger partial charge on any atom is -0.496 e. The lowest BCUT2D eigenvalue weighted by atomic mass is 10.2. The van der Waals surface area contributed by atoms with Crippen LogP contribution in [-0.2, 0) is 17.9 Å². The zero-order valence-corrected chi connectivity index (χ0v) is 13.2. The van der Waals surface area contributed by atoms with Crippen molar-refractivity contribution in [3.8, 4) is 5.75 Å². The molecule has 116 valence electrons. The van der Waals surface area contributed by atoms with Crippen molar-refractivity contribution < 1.29 is 9.53 Å². The van der Waals surface area contributed by atoms with Crippen LogP contribution in [-0.4, -0.2) is 19.6 Å². The van der Waals surface area contributed by atoms with Gasteiger partial charge < -0.3 is 15.4 Å². The number of hydrogen-bond donors (Lipinski definition) is 2. The molecule has 2 N–H and O–H groups in total. The molecule has 0 saturated carbocycles. The van der Waals surface area contributed by atoms with Crippen LogP contribution in [0.5, 0.6) is 5.75 Å². The van der Waals surface area contributed by atoms with Gasteiger partial charge in [0.15, 0.2) is 0 Å². The predicted molar refractivity (Wildman–Crippen MR) is 88.0 cm³/mol.